The molecule has 0 aliphatic carbocycles. The average molecular weight is 171 g/mol. The summed E-state index contributed by atoms with van der Waals surface area (Å²) in [6, 6.07) is 0. The van der Waals surface area contributed by atoms with Crippen molar-refractivity contribution in [1.82, 2.24) is 0 Å². The van der Waals surface area contributed by atoms with Gasteiger partial charge in [0.15, 0.2) is 0 Å². The molecule has 0 saturated carbocycles. The molecule has 0 aromatic carbocycles. The molecule has 1 aliphatic heterocycles. The molecule has 0 fully saturated rings. The Morgan fingerprint density at radius 1 is 1.55 bits per heavy atom. The summed E-state index contributed by atoms with van der Waals surface area (Å²) >= 11 is 1.60. The van der Waals surface area contributed by atoms with Crippen LogP contribution in [0.4, 0.5) is 0 Å². The van der Waals surface area contributed by atoms with Gasteiger partial charge in [-0.1, -0.05) is 0 Å². The highest BCUT2D eigenvalue weighted by Gasteiger charge is 2.17. The highest BCUT2D eigenvalue weighted by Crippen LogP contribution is 2.17. The second kappa shape index (κ2) is 3.94. The van der Waals surface area contributed by atoms with Crippen LogP contribution in [0.1, 0.15) is 12.8 Å². The van der Waals surface area contributed by atoms with Gasteiger partial charge in [0.25, 0.3) is 0 Å². The number of hydrogen-bond donors (Lipinski definition) is 2. The van der Waals surface area contributed by atoms with E-state index in [1.54, 1.807) is 18.0 Å². The molecule has 0 saturated heterocycles. The summed E-state index contributed by atoms with van der Waals surface area (Å²) in [7, 11) is -1.33. The maximum absolute atomic E-state index is 8.75. The molecule has 0 aromatic heterocycles. The van der Waals surface area contributed by atoms with Gasteiger partial charge >= 0.3 is 7.12 Å². The quantitative estimate of drug-likeness (QED) is 0.562. The van der Waals surface area contributed by atoms with Gasteiger partial charge in [-0.05, 0) is 24.6 Å². The van der Waals surface area contributed by atoms with E-state index in [-0.39, 0.29) is 0 Å². The van der Waals surface area contributed by atoms with Crippen molar-refractivity contribution in [2.24, 2.45) is 4.99 Å². The van der Waals surface area contributed by atoms with Gasteiger partial charge in [0.1, 0.15) is 0 Å². The standard InChI is InChI=1S/C6H10BNO2S/c1-11-6-3-2-5(4-8-6)7(9)10/h4,9-10H,2-3H2,1H3. The van der Waals surface area contributed by atoms with E-state index in [1.165, 1.54) is 0 Å². The van der Waals surface area contributed by atoms with Gasteiger partial charge in [-0.25, -0.2) is 0 Å². The van der Waals surface area contributed by atoms with Crippen LogP contribution in [0, 0.1) is 0 Å². The van der Waals surface area contributed by atoms with E-state index in [4.69, 9.17) is 10.0 Å². The van der Waals surface area contributed by atoms with Crippen molar-refractivity contribution in [3.05, 3.63) is 11.7 Å². The van der Waals surface area contributed by atoms with Gasteiger partial charge in [0, 0.05) is 6.20 Å². The predicted molar refractivity (Wildman–Crippen MR) is 48.5 cm³/mol. The molecule has 0 spiro atoms. The van der Waals surface area contributed by atoms with Crippen LogP contribution in [0.2, 0.25) is 0 Å². The second-order valence-corrected chi connectivity index (χ2v) is 3.18. The third-order valence-electron chi connectivity index (χ3n) is 1.57. The van der Waals surface area contributed by atoms with E-state index < -0.39 is 7.12 Å². The van der Waals surface area contributed by atoms with E-state index in [2.05, 4.69) is 4.99 Å². The zero-order valence-electron chi connectivity index (χ0n) is 6.32. The Morgan fingerprint density at radius 2 is 2.27 bits per heavy atom. The summed E-state index contributed by atoms with van der Waals surface area (Å²) in [5.41, 5.74) is 0.600. The number of nitrogens with zero attached hydrogens (tertiary/aromatic N) is 1. The molecule has 0 bridgehead atoms. The summed E-state index contributed by atoms with van der Waals surface area (Å²) in [4.78, 5) is 4.05. The third-order valence-corrected chi connectivity index (χ3v) is 2.35. The highest BCUT2D eigenvalue weighted by atomic mass is 32.2. The number of rotatable bonds is 1. The first-order valence-corrected chi connectivity index (χ1v) is 4.62. The molecule has 60 valence electrons. The first-order chi connectivity index (χ1) is 5.24. The first-order valence-electron chi connectivity index (χ1n) is 3.40. The summed E-state index contributed by atoms with van der Waals surface area (Å²) < 4.78 is 0. The van der Waals surface area contributed by atoms with Crippen LogP contribution in [0.3, 0.4) is 0 Å². The summed E-state index contributed by atoms with van der Waals surface area (Å²) in [6.07, 6.45) is 5.04. The van der Waals surface area contributed by atoms with Crippen molar-refractivity contribution in [2.45, 2.75) is 12.8 Å². The molecule has 3 nitrogen and oxygen atoms in total. The van der Waals surface area contributed by atoms with Crippen molar-refractivity contribution in [3.8, 4) is 0 Å². The predicted octanol–water partition coefficient (Wildman–Crippen LogP) is 0.438. The lowest BCUT2D eigenvalue weighted by Crippen LogP contribution is -2.17. The molecule has 2 N–H and O–H groups in total. The second-order valence-electron chi connectivity index (χ2n) is 2.30. The normalized spacial score (nSPS) is 17.4. The highest BCUT2D eigenvalue weighted by molar-refractivity contribution is 8.13. The van der Waals surface area contributed by atoms with Crippen LogP contribution in [0.15, 0.2) is 16.7 Å². The molecule has 1 aliphatic rings. The van der Waals surface area contributed by atoms with E-state index in [9.17, 15) is 0 Å². The Morgan fingerprint density at radius 3 is 2.64 bits per heavy atom. The maximum Gasteiger partial charge on any atom is 0.485 e. The summed E-state index contributed by atoms with van der Waals surface area (Å²) in [6.45, 7) is 0. The minimum Gasteiger partial charge on any atom is -0.423 e. The molecular formula is C6H10BNO2S. The van der Waals surface area contributed by atoms with Gasteiger partial charge in [-0.2, -0.15) is 0 Å². The van der Waals surface area contributed by atoms with Crippen LogP contribution >= 0.6 is 11.8 Å². The molecule has 11 heavy (non-hydrogen) atoms. The molecule has 0 radical (unpaired) electrons. The number of aliphatic imine (C=N–C) groups is 1. The Labute approximate surface area is 70.4 Å². The van der Waals surface area contributed by atoms with E-state index in [0.29, 0.717) is 11.9 Å². The lowest BCUT2D eigenvalue weighted by atomic mass is 9.77. The van der Waals surface area contributed by atoms with Crippen molar-refractivity contribution in [3.63, 3.8) is 0 Å². The fraction of sp³-hybridized carbons (Fsp3) is 0.500. The molecule has 1 rings (SSSR count). The lowest BCUT2D eigenvalue weighted by Gasteiger charge is -2.10. The topological polar surface area (TPSA) is 52.8 Å². The lowest BCUT2D eigenvalue weighted by molar-refractivity contribution is 0.416. The third kappa shape index (κ3) is 2.36. The van der Waals surface area contributed by atoms with Crippen LogP contribution in [0.25, 0.3) is 0 Å². The SMILES string of the molecule is CSC1=NC=C(B(O)O)CC1. The van der Waals surface area contributed by atoms with Crippen LogP contribution < -0.4 is 0 Å². The van der Waals surface area contributed by atoms with E-state index in [0.717, 1.165) is 11.5 Å². The van der Waals surface area contributed by atoms with Gasteiger partial charge in [-0.15, -0.1) is 11.8 Å². The average Bonchev–Trinajstić information content (AvgIpc) is 2.05. The molecule has 5 heteroatoms. The van der Waals surface area contributed by atoms with Crippen molar-refractivity contribution < 1.29 is 10.0 Å². The Bertz CT molecular complexity index is 203. The van der Waals surface area contributed by atoms with Crippen LogP contribution in [-0.2, 0) is 0 Å². The Kier molecular flexibility index (Phi) is 3.17. The monoisotopic (exact) mass is 171 g/mol. The largest absolute Gasteiger partial charge is 0.485 e. The zero-order chi connectivity index (χ0) is 8.27. The maximum atomic E-state index is 8.75. The molecule has 0 aromatic rings. The van der Waals surface area contributed by atoms with Gasteiger partial charge in [0.2, 0.25) is 0 Å². The van der Waals surface area contributed by atoms with Crippen LogP contribution in [-0.4, -0.2) is 28.5 Å². The minimum absolute atomic E-state index is 0.600. The van der Waals surface area contributed by atoms with E-state index in [1.807, 2.05) is 6.26 Å². The van der Waals surface area contributed by atoms with Crippen molar-refractivity contribution >= 4 is 23.9 Å². The number of hydrogen-bond acceptors (Lipinski definition) is 4. The van der Waals surface area contributed by atoms with Gasteiger partial charge < -0.3 is 10.0 Å². The number of allylic oxidation sites excluding steroid dienone is 1. The summed E-state index contributed by atoms with van der Waals surface area (Å²) in [5.74, 6) is 0. The Balaban J connectivity index is 2.61. The summed E-state index contributed by atoms with van der Waals surface area (Å²) in [5, 5.41) is 18.5. The molecular weight excluding hydrogens is 161 g/mol. The molecule has 0 atom stereocenters. The van der Waals surface area contributed by atoms with Gasteiger partial charge in [0.05, 0.1) is 5.04 Å². The van der Waals surface area contributed by atoms with Crippen molar-refractivity contribution in [2.75, 3.05) is 6.26 Å². The minimum atomic E-state index is -1.33. The van der Waals surface area contributed by atoms with Crippen LogP contribution in [0.5, 0.6) is 0 Å². The zero-order valence-corrected chi connectivity index (χ0v) is 7.14. The fourth-order valence-electron chi connectivity index (χ4n) is 0.886. The Hall–Kier alpha value is -0.255. The van der Waals surface area contributed by atoms with Crippen molar-refractivity contribution in [1.29, 1.82) is 0 Å². The van der Waals surface area contributed by atoms with E-state index >= 15 is 0 Å². The fourth-order valence-corrected chi connectivity index (χ4v) is 1.35. The molecule has 0 unspecified atom stereocenters. The smallest absolute Gasteiger partial charge is 0.423 e. The number of thioether (sulfide) groups is 1. The molecule has 1 heterocycles. The molecule has 0 amide bonds. The van der Waals surface area contributed by atoms with Gasteiger partial charge in [-0.3, -0.25) is 4.99 Å². The first kappa shape index (κ1) is 8.84.